The van der Waals surface area contributed by atoms with Crippen LogP contribution in [-0.2, 0) is 22.1 Å². The summed E-state index contributed by atoms with van der Waals surface area (Å²) >= 11 is 0. The van der Waals surface area contributed by atoms with Crippen LogP contribution in [0.2, 0.25) is 0 Å². The van der Waals surface area contributed by atoms with Crippen molar-refractivity contribution in [3.63, 3.8) is 0 Å². The number of aromatic nitrogens is 2. The molecule has 0 bridgehead atoms. The normalized spacial score (nSPS) is 19.0. The Kier molecular flexibility index (Phi) is 5.34. The van der Waals surface area contributed by atoms with Gasteiger partial charge in [0.2, 0.25) is 5.91 Å². The van der Waals surface area contributed by atoms with Gasteiger partial charge in [0.25, 0.3) is 0 Å². The minimum absolute atomic E-state index is 0.0257. The molecule has 3 aromatic rings. The molecule has 1 saturated heterocycles. The number of cyclic esters (lactones) is 1. The molecule has 0 unspecified atom stereocenters. The van der Waals surface area contributed by atoms with Gasteiger partial charge >= 0.3 is 12.3 Å². The fraction of sp³-hybridized carbons (Fsp3) is 0.273. The highest BCUT2D eigenvalue weighted by Gasteiger charge is 2.44. The van der Waals surface area contributed by atoms with Crippen LogP contribution >= 0.6 is 0 Å². The van der Waals surface area contributed by atoms with Crippen molar-refractivity contribution >= 4 is 22.8 Å². The molecule has 1 aliphatic heterocycles. The number of imide groups is 1. The second kappa shape index (κ2) is 7.98. The van der Waals surface area contributed by atoms with Crippen LogP contribution in [0, 0.1) is 0 Å². The minimum atomic E-state index is -4.55. The zero-order valence-corrected chi connectivity index (χ0v) is 16.5. The van der Waals surface area contributed by atoms with Crippen molar-refractivity contribution in [3.8, 4) is 0 Å². The standard InChI is InChI=1S/C22H18F3N3O3/c1-13-20(18-10-16(8-9-27-18)22(23,24)25)31-21(30)28(13)19(29)7-6-15-12-26-11-14-4-2-3-5-17(14)15/h2-5,8-13,20H,6-7H2,1H3/t13-,20-/m0/s1. The number of ether oxygens (including phenoxy) is 1. The lowest BCUT2D eigenvalue weighted by Crippen LogP contribution is -2.38. The van der Waals surface area contributed by atoms with Gasteiger partial charge in [0, 0.05) is 30.4 Å². The topological polar surface area (TPSA) is 72.4 Å². The summed E-state index contributed by atoms with van der Waals surface area (Å²) in [7, 11) is 0. The largest absolute Gasteiger partial charge is 0.437 e. The van der Waals surface area contributed by atoms with E-state index >= 15 is 0 Å². The third-order valence-electron chi connectivity index (χ3n) is 5.30. The summed E-state index contributed by atoms with van der Waals surface area (Å²) < 4.78 is 44.2. The summed E-state index contributed by atoms with van der Waals surface area (Å²) in [5.74, 6) is -0.472. The highest BCUT2D eigenvalue weighted by molar-refractivity contribution is 5.94. The molecular formula is C22H18F3N3O3. The maximum absolute atomic E-state index is 13.0. The van der Waals surface area contributed by atoms with E-state index in [9.17, 15) is 22.8 Å². The van der Waals surface area contributed by atoms with E-state index in [4.69, 9.17) is 4.74 Å². The lowest BCUT2D eigenvalue weighted by atomic mass is 10.0. The summed E-state index contributed by atoms with van der Waals surface area (Å²) in [5.41, 5.74) is -0.0824. The summed E-state index contributed by atoms with van der Waals surface area (Å²) in [6, 6.07) is 8.51. The van der Waals surface area contributed by atoms with Gasteiger partial charge in [-0.25, -0.2) is 9.69 Å². The highest BCUT2D eigenvalue weighted by Crippen LogP contribution is 2.35. The number of amides is 2. The van der Waals surface area contributed by atoms with Gasteiger partial charge in [0.1, 0.15) is 0 Å². The van der Waals surface area contributed by atoms with Gasteiger partial charge < -0.3 is 4.74 Å². The van der Waals surface area contributed by atoms with Crippen LogP contribution in [0.15, 0.2) is 55.0 Å². The average molecular weight is 429 g/mol. The Morgan fingerprint density at radius 1 is 1.19 bits per heavy atom. The van der Waals surface area contributed by atoms with Gasteiger partial charge in [-0.2, -0.15) is 13.2 Å². The monoisotopic (exact) mass is 429 g/mol. The Bertz CT molecular complexity index is 1140. The van der Waals surface area contributed by atoms with Gasteiger partial charge in [-0.15, -0.1) is 0 Å². The van der Waals surface area contributed by atoms with Crippen LogP contribution in [0.3, 0.4) is 0 Å². The molecule has 0 radical (unpaired) electrons. The van der Waals surface area contributed by atoms with E-state index in [2.05, 4.69) is 9.97 Å². The van der Waals surface area contributed by atoms with Crippen LogP contribution < -0.4 is 0 Å². The molecule has 2 amide bonds. The van der Waals surface area contributed by atoms with Gasteiger partial charge in [-0.1, -0.05) is 24.3 Å². The zero-order chi connectivity index (χ0) is 22.2. The maximum Gasteiger partial charge on any atom is 0.417 e. The maximum atomic E-state index is 13.0. The summed E-state index contributed by atoms with van der Waals surface area (Å²) in [4.78, 5) is 34.2. The quantitative estimate of drug-likeness (QED) is 0.602. The zero-order valence-electron chi connectivity index (χ0n) is 16.5. The number of rotatable bonds is 4. The van der Waals surface area contributed by atoms with Crippen molar-refractivity contribution in [3.05, 3.63) is 71.8 Å². The number of halogens is 3. The van der Waals surface area contributed by atoms with Crippen molar-refractivity contribution < 1.29 is 27.5 Å². The molecule has 2 atom stereocenters. The summed E-state index contributed by atoms with van der Waals surface area (Å²) in [5, 5.41) is 1.91. The number of hydrogen-bond acceptors (Lipinski definition) is 5. The van der Waals surface area contributed by atoms with Crippen LogP contribution in [0.4, 0.5) is 18.0 Å². The smallest absolute Gasteiger partial charge is 0.417 e. The molecule has 1 fully saturated rings. The van der Waals surface area contributed by atoms with E-state index in [1.54, 1.807) is 19.3 Å². The molecule has 4 rings (SSSR count). The average Bonchev–Trinajstić information content (AvgIpc) is 3.05. The molecule has 6 nitrogen and oxygen atoms in total. The molecule has 0 saturated carbocycles. The Morgan fingerprint density at radius 3 is 2.74 bits per heavy atom. The molecule has 2 aromatic heterocycles. The molecule has 0 aliphatic carbocycles. The number of hydrogen-bond donors (Lipinski definition) is 0. The van der Waals surface area contributed by atoms with Crippen LogP contribution in [0.25, 0.3) is 10.8 Å². The van der Waals surface area contributed by atoms with E-state index in [-0.39, 0.29) is 12.1 Å². The predicted octanol–water partition coefficient (Wildman–Crippen LogP) is 4.69. The highest BCUT2D eigenvalue weighted by atomic mass is 19.4. The third kappa shape index (κ3) is 4.08. The van der Waals surface area contributed by atoms with Crippen molar-refractivity contribution in [2.24, 2.45) is 0 Å². The van der Waals surface area contributed by atoms with Gasteiger partial charge in [-0.05, 0) is 36.4 Å². The molecular weight excluding hydrogens is 411 g/mol. The Labute approximate surface area is 175 Å². The van der Waals surface area contributed by atoms with E-state index in [1.165, 1.54) is 0 Å². The number of carbonyl (C=O) groups is 2. The number of aryl methyl sites for hydroxylation is 1. The first-order valence-corrected chi connectivity index (χ1v) is 9.63. The predicted molar refractivity (Wildman–Crippen MR) is 105 cm³/mol. The van der Waals surface area contributed by atoms with E-state index in [1.807, 2.05) is 24.3 Å². The second-order valence-corrected chi connectivity index (χ2v) is 7.30. The van der Waals surface area contributed by atoms with Crippen LogP contribution in [0.1, 0.15) is 36.3 Å². The molecule has 9 heteroatoms. The van der Waals surface area contributed by atoms with E-state index in [0.29, 0.717) is 6.42 Å². The minimum Gasteiger partial charge on any atom is -0.437 e. The van der Waals surface area contributed by atoms with Crippen molar-refractivity contribution in [2.75, 3.05) is 0 Å². The van der Waals surface area contributed by atoms with Crippen LogP contribution in [0.5, 0.6) is 0 Å². The summed E-state index contributed by atoms with van der Waals surface area (Å²) in [6.45, 7) is 1.55. The number of benzene rings is 1. The number of fused-ring (bicyclic) bond motifs is 1. The molecule has 3 heterocycles. The molecule has 1 aromatic carbocycles. The van der Waals surface area contributed by atoms with Crippen molar-refractivity contribution in [2.45, 2.75) is 38.1 Å². The van der Waals surface area contributed by atoms with E-state index in [0.717, 1.165) is 39.6 Å². The second-order valence-electron chi connectivity index (χ2n) is 7.30. The lowest BCUT2D eigenvalue weighted by molar-refractivity contribution is -0.137. The lowest BCUT2D eigenvalue weighted by Gasteiger charge is -2.19. The van der Waals surface area contributed by atoms with E-state index < -0.39 is 35.9 Å². The Balaban J connectivity index is 1.50. The fourth-order valence-electron chi connectivity index (χ4n) is 3.72. The fourth-order valence-corrected chi connectivity index (χ4v) is 3.72. The first-order valence-electron chi connectivity index (χ1n) is 9.63. The third-order valence-corrected chi connectivity index (χ3v) is 5.30. The number of alkyl halides is 3. The molecule has 160 valence electrons. The number of carbonyl (C=O) groups excluding carboxylic acids is 2. The first kappa shape index (κ1) is 20.8. The van der Waals surface area contributed by atoms with Gasteiger partial charge in [0.15, 0.2) is 6.10 Å². The summed E-state index contributed by atoms with van der Waals surface area (Å²) in [6.07, 6.45) is -1.71. The Hall–Kier alpha value is -3.49. The SMILES string of the molecule is C[C@H]1[C@@H](c2cc(C(F)(F)F)ccn2)OC(=O)N1C(=O)CCc1cncc2ccccc12. The molecule has 0 N–H and O–H groups in total. The van der Waals surface area contributed by atoms with Gasteiger partial charge in [0.05, 0.1) is 17.3 Å². The molecule has 0 spiro atoms. The molecule has 31 heavy (non-hydrogen) atoms. The van der Waals surface area contributed by atoms with Crippen molar-refractivity contribution in [1.29, 1.82) is 0 Å². The first-order chi connectivity index (χ1) is 14.8. The Morgan fingerprint density at radius 2 is 1.97 bits per heavy atom. The number of pyridine rings is 2. The number of nitrogens with zero attached hydrogens (tertiary/aromatic N) is 3. The van der Waals surface area contributed by atoms with Crippen molar-refractivity contribution in [1.82, 2.24) is 14.9 Å². The van der Waals surface area contributed by atoms with Crippen LogP contribution in [-0.4, -0.2) is 32.9 Å². The molecule has 1 aliphatic rings. The van der Waals surface area contributed by atoms with Gasteiger partial charge in [-0.3, -0.25) is 14.8 Å².